The summed E-state index contributed by atoms with van der Waals surface area (Å²) < 4.78 is 54.6. The zero-order chi connectivity index (χ0) is 27.6. The van der Waals surface area contributed by atoms with Crippen LogP contribution in [0.2, 0.25) is 0 Å². The van der Waals surface area contributed by atoms with Gasteiger partial charge >= 0.3 is 0 Å². The molecule has 0 aliphatic carbocycles. The maximum atomic E-state index is 14.4. The molecule has 6 nitrogen and oxygen atoms in total. The highest BCUT2D eigenvalue weighted by Crippen LogP contribution is 2.36. The highest BCUT2D eigenvalue weighted by Gasteiger charge is 2.21. The molecule has 0 atom stereocenters. The van der Waals surface area contributed by atoms with Gasteiger partial charge in [0.2, 0.25) is 0 Å². The molecule has 0 radical (unpaired) electrons. The second-order valence-corrected chi connectivity index (χ2v) is 8.60. The third-order valence-electron chi connectivity index (χ3n) is 5.93. The number of benzene rings is 3. The topological polar surface area (TPSA) is 87.4 Å². The molecular weight excluding hydrogens is 507 g/mol. The number of nitrogens with one attached hydrogen (secondary N) is 1. The van der Waals surface area contributed by atoms with Gasteiger partial charge in [-0.3, -0.25) is 4.98 Å². The van der Waals surface area contributed by atoms with E-state index in [1.165, 1.54) is 36.5 Å². The molecule has 0 unspecified atom stereocenters. The lowest BCUT2D eigenvalue weighted by Gasteiger charge is -2.17. The van der Waals surface area contributed by atoms with Crippen LogP contribution in [0.3, 0.4) is 0 Å². The van der Waals surface area contributed by atoms with E-state index in [-0.39, 0.29) is 42.1 Å². The number of halogens is 3. The van der Waals surface area contributed by atoms with E-state index in [2.05, 4.69) is 10.3 Å². The number of aliphatic hydroxyl groups is 1. The van der Waals surface area contributed by atoms with Crippen molar-refractivity contribution in [3.05, 3.63) is 113 Å². The largest absolute Gasteiger partial charge is 0.489 e. The summed E-state index contributed by atoms with van der Waals surface area (Å²) in [6, 6.07) is 19.3. The standard InChI is InChI=1S/C30H26F3N3O3/c31-27-7-2-1-5-25(27)26-6-3-4-23(29(26)30(32)33)19-38-24-9-8-22(17-35-10-11-37)28(13-24)39-18-21-12-20(14-34)15-36-16-21/h1-9,12-13,15-16,30,35,37H,10-11,17-19H2. The van der Waals surface area contributed by atoms with Crippen molar-refractivity contribution < 1.29 is 27.8 Å². The fraction of sp³-hybridized carbons (Fsp3) is 0.200. The van der Waals surface area contributed by atoms with Gasteiger partial charge in [-0.15, -0.1) is 0 Å². The average molecular weight is 534 g/mol. The zero-order valence-corrected chi connectivity index (χ0v) is 20.9. The molecule has 9 heteroatoms. The van der Waals surface area contributed by atoms with Crippen molar-refractivity contribution in [3.8, 4) is 28.7 Å². The van der Waals surface area contributed by atoms with Gasteiger partial charge in [0.05, 0.1) is 12.2 Å². The Bertz CT molecular complexity index is 1460. The highest BCUT2D eigenvalue weighted by molar-refractivity contribution is 5.69. The molecule has 4 rings (SSSR count). The third-order valence-corrected chi connectivity index (χ3v) is 5.93. The Morgan fingerprint density at radius 2 is 1.74 bits per heavy atom. The Balaban J connectivity index is 1.57. The summed E-state index contributed by atoms with van der Waals surface area (Å²) in [5.74, 6) is 0.283. The molecule has 0 saturated carbocycles. The monoisotopic (exact) mass is 533 g/mol. The van der Waals surface area contributed by atoms with Gasteiger partial charge in [0, 0.05) is 53.8 Å². The van der Waals surface area contributed by atoms with Crippen LogP contribution < -0.4 is 14.8 Å². The van der Waals surface area contributed by atoms with Crippen LogP contribution in [0.1, 0.15) is 34.2 Å². The van der Waals surface area contributed by atoms with Crippen LogP contribution in [0.15, 0.2) is 79.1 Å². The predicted molar refractivity (Wildman–Crippen MR) is 140 cm³/mol. The number of hydrogen-bond acceptors (Lipinski definition) is 6. The molecule has 0 aliphatic rings. The maximum Gasteiger partial charge on any atom is 0.264 e. The summed E-state index contributed by atoms with van der Waals surface area (Å²) in [6.45, 7) is 0.743. The second kappa shape index (κ2) is 13.4. The minimum Gasteiger partial charge on any atom is -0.489 e. The molecular formula is C30H26F3N3O3. The van der Waals surface area contributed by atoms with Crippen molar-refractivity contribution in [2.75, 3.05) is 13.2 Å². The predicted octanol–water partition coefficient (Wildman–Crippen LogP) is 5.94. The molecule has 0 amide bonds. The molecule has 0 spiro atoms. The van der Waals surface area contributed by atoms with Gasteiger partial charge in [-0.1, -0.05) is 42.5 Å². The van der Waals surface area contributed by atoms with Crippen LogP contribution in [0.4, 0.5) is 13.2 Å². The van der Waals surface area contributed by atoms with Crippen molar-refractivity contribution in [2.45, 2.75) is 26.2 Å². The van der Waals surface area contributed by atoms with Crippen LogP contribution in [-0.2, 0) is 19.8 Å². The van der Waals surface area contributed by atoms with Crippen molar-refractivity contribution in [1.82, 2.24) is 10.3 Å². The van der Waals surface area contributed by atoms with E-state index in [0.29, 0.717) is 35.7 Å². The SMILES string of the molecule is N#Cc1cncc(COc2cc(OCc3cccc(-c4ccccc4F)c3C(F)F)ccc2CNCCO)c1. The van der Waals surface area contributed by atoms with E-state index in [0.717, 1.165) is 5.56 Å². The van der Waals surface area contributed by atoms with Crippen LogP contribution in [0, 0.1) is 17.1 Å². The number of rotatable bonds is 12. The van der Waals surface area contributed by atoms with Gasteiger partial charge in [0.1, 0.15) is 36.6 Å². The van der Waals surface area contributed by atoms with Gasteiger partial charge < -0.3 is 19.9 Å². The van der Waals surface area contributed by atoms with Crippen LogP contribution >= 0.6 is 0 Å². The first-order valence-electron chi connectivity index (χ1n) is 12.2. The van der Waals surface area contributed by atoms with Crippen molar-refractivity contribution >= 4 is 0 Å². The molecule has 0 bridgehead atoms. The lowest BCUT2D eigenvalue weighted by atomic mass is 9.95. The average Bonchev–Trinajstić information content (AvgIpc) is 2.96. The van der Waals surface area contributed by atoms with E-state index in [1.807, 2.05) is 6.07 Å². The molecule has 1 heterocycles. The Morgan fingerprint density at radius 3 is 2.51 bits per heavy atom. The van der Waals surface area contributed by atoms with E-state index in [1.54, 1.807) is 42.6 Å². The first kappa shape index (κ1) is 27.6. The number of nitrogens with zero attached hydrogens (tertiary/aromatic N) is 2. The number of pyridine rings is 1. The summed E-state index contributed by atoms with van der Waals surface area (Å²) in [4.78, 5) is 4.04. The number of aliphatic hydroxyl groups excluding tert-OH is 1. The smallest absolute Gasteiger partial charge is 0.264 e. The van der Waals surface area contributed by atoms with Crippen LogP contribution in [0.5, 0.6) is 11.5 Å². The van der Waals surface area contributed by atoms with E-state index >= 15 is 0 Å². The fourth-order valence-corrected chi connectivity index (χ4v) is 4.07. The minimum absolute atomic E-state index is 0.0254. The quantitative estimate of drug-likeness (QED) is 0.219. The lowest BCUT2D eigenvalue weighted by Crippen LogP contribution is -2.18. The Kier molecular flexibility index (Phi) is 9.51. The molecule has 39 heavy (non-hydrogen) atoms. The molecule has 0 aliphatic heterocycles. The van der Waals surface area contributed by atoms with Gasteiger partial charge in [-0.05, 0) is 29.3 Å². The Hall–Kier alpha value is -4.39. The minimum atomic E-state index is -2.84. The number of alkyl halides is 2. The number of nitriles is 1. The normalized spacial score (nSPS) is 10.9. The molecule has 3 aromatic carbocycles. The summed E-state index contributed by atoms with van der Waals surface area (Å²) in [5.41, 5.74) is 2.06. The molecule has 200 valence electrons. The van der Waals surface area contributed by atoms with Crippen molar-refractivity contribution in [1.29, 1.82) is 5.26 Å². The number of ether oxygens (including phenoxy) is 2. The molecule has 4 aromatic rings. The zero-order valence-electron chi connectivity index (χ0n) is 20.9. The van der Waals surface area contributed by atoms with Gasteiger partial charge in [0.25, 0.3) is 6.43 Å². The van der Waals surface area contributed by atoms with E-state index < -0.39 is 12.2 Å². The maximum absolute atomic E-state index is 14.4. The summed E-state index contributed by atoms with van der Waals surface area (Å²) in [7, 11) is 0. The fourth-order valence-electron chi connectivity index (χ4n) is 4.07. The van der Waals surface area contributed by atoms with Gasteiger partial charge in [-0.25, -0.2) is 13.2 Å². The van der Waals surface area contributed by atoms with Gasteiger partial charge in [0.15, 0.2) is 0 Å². The first-order chi connectivity index (χ1) is 19.0. The van der Waals surface area contributed by atoms with Crippen LogP contribution in [0.25, 0.3) is 11.1 Å². The summed E-state index contributed by atoms with van der Waals surface area (Å²) >= 11 is 0. The number of aromatic nitrogens is 1. The van der Waals surface area contributed by atoms with E-state index in [4.69, 9.17) is 19.8 Å². The number of hydrogen-bond donors (Lipinski definition) is 2. The van der Waals surface area contributed by atoms with Crippen molar-refractivity contribution in [2.24, 2.45) is 0 Å². The summed E-state index contributed by atoms with van der Waals surface area (Å²) in [6.07, 6.45) is 0.215. The Labute approximate surface area is 224 Å². The lowest BCUT2D eigenvalue weighted by molar-refractivity contribution is 0.148. The van der Waals surface area contributed by atoms with Gasteiger partial charge in [-0.2, -0.15) is 5.26 Å². The molecule has 0 saturated heterocycles. The first-order valence-corrected chi connectivity index (χ1v) is 12.2. The van der Waals surface area contributed by atoms with E-state index in [9.17, 15) is 13.2 Å². The second-order valence-electron chi connectivity index (χ2n) is 8.60. The van der Waals surface area contributed by atoms with Crippen molar-refractivity contribution in [3.63, 3.8) is 0 Å². The van der Waals surface area contributed by atoms with Crippen LogP contribution in [-0.4, -0.2) is 23.2 Å². The molecule has 1 aromatic heterocycles. The summed E-state index contributed by atoms with van der Waals surface area (Å²) in [5, 5.41) is 21.3. The molecule has 2 N–H and O–H groups in total. The third kappa shape index (κ3) is 7.13. The molecule has 0 fully saturated rings. The highest BCUT2D eigenvalue weighted by atomic mass is 19.3. The Morgan fingerprint density at radius 1 is 0.923 bits per heavy atom.